The second kappa shape index (κ2) is 11.2. The summed E-state index contributed by atoms with van der Waals surface area (Å²) in [6, 6.07) is 8.32. The standard InChI is InChI=1S/C24H34N4O3S/c1-18-26-21(17-32-18)16-27-9-7-20(8-10-27)24(29)25-15-23(28-11-13-31-14-12-28)19-3-5-22(30-2)6-4-19/h3-6,17,20,23H,7-16H2,1-2H3,(H,25,29). The number of hydrogen-bond acceptors (Lipinski definition) is 7. The number of nitrogens with zero attached hydrogens (tertiary/aromatic N) is 3. The van der Waals surface area contributed by atoms with Crippen molar-refractivity contribution in [2.45, 2.75) is 32.4 Å². The predicted octanol–water partition coefficient (Wildman–Crippen LogP) is 2.86. The average Bonchev–Trinajstić information content (AvgIpc) is 3.25. The largest absolute Gasteiger partial charge is 0.497 e. The van der Waals surface area contributed by atoms with E-state index in [2.05, 4.69) is 37.6 Å². The fraction of sp³-hybridized carbons (Fsp3) is 0.583. The topological polar surface area (TPSA) is 66.9 Å². The van der Waals surface area contributed by atoms with E-state index in [1.165, 1.54) is 5.56 Å². The van der Waals surface area contributed by atoms with Gasteiger partial charge in [0.05, 0.1) is 37.1 Å². The molecule has 1 N–H and O–H groups in total. The molecule has 2 aliphatic rings. The number of benzene rings is 1. The van der Waals surface area contributed by atoms with Crippen LogP contribution in [0.15, 0.2) is 29.6 Å². The number of rotatable bonds is 8. The summed E-state index contributed by atoms with van der Waals surface area (Å²) in [5.41, 5.74) is 2.34. The first kappa shape index (κ1) is 23.2. The van der Waals surface area contributed by atoms with Crippen LogP contribution in [0.5, 0.6) is 5.75 Å². The van der Waals surface area contributed by atoms with Crippen LogP contribution in [-0.2, 0) is 16.1 Å². The van der Waals surface area contributed by atoms with Crippen LogP contribution >= 0.6 is 11.3 Å². The maximum Gasteiger partial charge on any atom is 0.223 e. The Kier molecular flexibility index (Phi) is 8.13. The van der Waals surface area contributed by atoms with Crippen LogP contribution in [0.1, 0.15) is 35.1 Å². The smallest absolute Gasteiger partial charge is 0.223 e. The number of morpholine rings is 1. The van der Waals surface area contributed by atoms with Crippen LogP contribution < -0.4 is 10.1 Å². The lowest BCUT2D eigenvalue weighted by Crippen LogP contribution is -2.46. The van der Waals surface area contributed by atoms with Crippen molar-refractivity contribution in [3.8, 4) is 5.75 Å². The molecule has 1 amide bonds. The Morgan fingerprint density at radius 1 is 1.22 bits per heavy atom. The molecule has 0 bridgehead atoms. The van der Waals surface area contributed by atoms with Crippen LogP contribution in [0.2, 0.25) is 0 Å². The summed E-state index contributed by atoms with van der Waals surface area (Å²) in [7, 11) is 1.68. The second-order valence-electron chi connectivity index (χ2n) is 8.59. The lowest BCUT2D eigenvalue weighted by Gasteiger charge is -2.36. The Labute approximate surface area is 194 Å². The third-order valence-corrected chi connectivity index (χ3v) is 7.29. The van der Waals surface area contributed by atoms with Crippen LogP contribution in [0.3, 0.4) is 0 Å². The van der Waals surface area contributed by atoms with Gasteiger partial charge in [-0.1, -0.05) is 12.1 Å². The lowest BCUT2D eigenvalue weighted by molar-refractivity contribution is -0.126. The monoisotopic (exact) mass is 458 g/mol. The molecule has 0 aliphatic carbocycles. The molecule has 7 nitrogen and oxygen atoms in total. The first-order valence-electron chi connectivity index (χ1n) is 11.5. The number of thiazole rings is 1. The van der Waals surface area contributed by atoms with Gasteiger partial charge in [0.15, 0.2) is 0 Å². The van der Waals surface area contributed by atoms with Gasteiger partial charge in [-0.3, -0.25) is 14.6 Å². The zero-order valence-corrected chi connectivity index (χ0v) is 19.9. The van der Waals surface area contributed by atoms with Crippen molar-refractivity contribution in [1.82, 2.24) is 20.1 Å². The van der Waals surface area contributed by atoms with Gasteiger partial charge in [-0.25, -0.2) is 4.98 Å². The van der Waals surface area contributed by atoms with Gasteiger partial charge in [0.1, 0.15) is 5.75 Å². The molecule has 0 spiro atoms. The highest BCUT2D eigenvalue weighted by atomic mass is 32.1. The van der Waals surface area contributed by atoms with E-state index >= 15 is 0 Å². The van der Waals surface area contributed by atoms with Gasteiger partial charge in [0.25, 0.3) is 0 Å². The van der Waals surface area contributed by atoms with Crippen LogP contribution in [0, 0.1) is 12.8 Å². The SMILES string of the molecule is COc1ccc(C(CNC(=O)C2CCN(Cc3csc(C)n3)CC2)N2CCOCC2)cc1. The van der Waals surface area contributed by atoms with Gasteiger partial charge in [-0.2, -0.15) is 0 Å². The lowest BCUT2D eigenvalue weighted by atomic mass is 9.95. The number of piperidine rings is 1. The van der Waals surface area contributed by atoms with E-state index < -0.39 is 0 Å². The molecule has 2 fully saturated rings. The van der Waals surface area contributed by atoms with E-state index in [4.69, 9.17) is 9.47 Å². The van der Waals surface area contributed by atoms with Crippen molar-refractivity contribution >= 4 is 17.2 Å². The number of aryl methyl sites for hydroxylation is 1. The molecular formula is C24H34N4O3S. The van der Waals surface area contributed by atoms with E-state index in [-0.39, 0.29) is 17.9 Å². The van der Waals surface area contributed by atoms with Gasteiger partial charge in [0.2, 0.25) is 5.91 Å². The molecule has 2 saturated heterocycles. The molecule has 0 saturated carbocycles. The van der Waals surface area contributed by atoms with E-state index in [0.29, 0.717) is 6.54 Å². The predicted molar refractivity (Wildman–Crippen MR) is 126 cm³/mol. The molecule has 1 unspecified atom stereocenters. The van der Waals surface area contributed by atoms with Crippen molar-refractivity contribution in [2.75, 3.05) is 53.0 Å². The normalized spacial score (nSPS) is 19.6. The maximum atomic E-state index is 13.0. The number of likely N-dealkylation sites (tertiary alicyclic amines) is 1. The van der Waals surface area contributed by atoms with Crippen molar-refractivity contribution in [3.63, 3.8) is 0 Å². The van der Waals surface area contributed by atoms with Gasteiger partial charge < -0.3 is 14.8 Å². The molecule has 2 aromatic rings. The Bertz CT molecular complexity index is 858. The Hall–Kier alpha value is -2.00. The van der Waals surface area contributed by atoms with Gasteiger partial charge in [-0.15, -0.1) is 11.3 Å². The Morgan fingerprint density at radius 3 is 2.56 bits per heavy atom. The summed E-state index contributed by atoms with van der Waals surface area (Å²) < 4.78 is 10.8. The van der Waals surface area contributed by atoms with Crippen LogP contribution in [-0.4, -0.2) is 73.7 Å². The summed E-state index contributed by atoms with van der Waals surface area (Å²) in [5.74, 6) is 1.11. The van der Waals surface area contributed by atoms with Gasteiger partial charge >= 0.3 is 0 Å². The zero-order chi connectivity index (χ0) is 22.3. The highest BCUT2D eigenvalue weighted by Crippen LogP contribution is 2.25. The minimum Gasteiger partial charge on any atom is -0.497 e. The molecular weight excluding hydrogens is 424 g/mol. The number of nitrogens with one attached hydrogen (secondary N) is 1. The summed E-state index contributed by atoms with van der Waals surface area (Å²) in [4.78, 5) is 22.4. The number of hydrogen-bond donors (Lipinski definition) is 1. The van der Waals surface area contributed by atoms with Crippen molar-refractivity contribution < 1.29 is 14.3 Å². The quantitative estimate of drug-likeness (QED) is 0.656. The fourth-order valence-electron chi connectivity index (χ4n) is 4.58. The van der Waals surface area contributed by atoms with Crippen molar-refractivity contribution in [1.29, 1.82) is 0 Å². The highest BCUT2D eigenvalue weighted by Gasteiger charge is 2.28. The van der Waals surface area contributed by atoms with Crippen LogP contribution in [0.4, 0.5) is 0 Å². The molecule has 0 radical (unpaired) electrons. The molecule has 4 rings (SSSR count). The molecule has 2 aliphatic heterocycles. The summed E-state index contributed by atoms with van der Waals surface area (Å²) in [6.07, 6.45) is 1.80. The third-order valence-electron chi connectivity index (χ3n) is 6.47. The van der Waals surface area contributed by atoms with Crippen molar-refractivity contribution in [3.05, 3.63) is 45.9 Å². The summed E-state index contributed by atoms with van der Waals surface area (Å²) in [6.45, 7) is 8.65. The maximum absolute atomic E-state index is 13.0. The van der Waals surface area contributed by atoms with E-state index in [1.807, 2.05) is 19.1 Å². The number of methoxy groups -OCH3 is 1. The fourth-order valence-corrected chi connectivity index (χ4v) is 5.18. The summed E-state index contributed by atoms with van der Waals surface area (Å²) in [5, 5.41) is 6.51. The van der Waals surface area contributed by atoms with E-state index in [1.54, 1.807) is 18.4 Å². The van der Waals surface area contributed by atoms with Gasteiger partial charge in [-0.05, 0) is 50.6 Å². The summed E-state index contributed by atoms with van der Waals surface area (Å²) >= 11 is 1.70. The minimum atomic E-state index is 0.0876. The molecule has 8 heteroatoms. The molecule has 1 atom stereocenters. The Morgan fingerprint density at radius 2 is 1.94 bits per heavy atom. The number of amides is 1. The minimum absolute atomic E-state index is 0.0876. The number of carbonyl (C=O) groups excluding carboxylic acids is 1. The number of aromatic nitrogens is 1. The highest BCUT2D eigenvalue weighted by molar-refractivity contribution is 7.09. The van der Waals surface area contributed by atoms with E-state index in [0.717, 1.165) is 75.2 Å². The third kappa shape index (κ3) is 6.07. The average molecular weight is 459 g/mol. The molecule has 174 valence electrons. The molecule has 1 aromatic carbocycles. The first-order chi connectivity index (χ1) is 15.6. The first-order valence-corrected chi connectivity index (χ1v) is 12.4. The van der Waals surface area contributed by atoms with Crippen molar-refractivity contribution in [2.24, 2.45) is 5.92 Å². The second-order valence-corrected chi connectivity index (χ2v) is 9.65. The van der Waals surface area contributed by atoms with E-state index in [9.17, 15) is 4.79 Å². The van der Waals surface area contributed by atoms with Crippen LogP contribution in [0.25, 0.3) is 0 Å². The number of carbonyl (C=O) groups is 1. The molecule has 1 aromatic heterocycles. The van der Waals surface area contributed by atoms with Gasteiger partial charge in [0, 0.05) is 37.5 Å². The zero-order valence-electron chi connectivity index (χ0n) is 19.1. The number of ether oxygens (including phenoxy) is 2. The molecule has 32 heavy (non-hydrogen) atoms. The Balaban J connectivity index is 1.30. The molecule has 3 heterocycles.